The maximum absolute atomic E-state index is 11.4. The van der Waals surface area contributed by atoms with Crippen molar-refractivity contribution >= 4 is 5.97 Å². The SMILES string of the molecule is COCCCOC(=O)C1COCC1N. The number of hydrogen-bond donors (Lipinski definition) is 1. The number of carbonyl (C=O) groups excluding carboxylic acids is 1. The van der Waals surface area contributed by atoms with E-state index in [1.807, 2.05) is 0 Å². The van der Waals surface area contributed by atoms with Crippen molar-refractivity contribution in [1.82, 2.24) is 0 Å². The molecule has 2 unspecified atom stereocenters. The van der Waals surface area contributed by atoms with Gasteiger partial charge in [0.15, 0.2) is 0 Å². The highest BCUT2D eigenvalue weighted by Crippen LogP contribution is 2.13. The Kier molecular flexibility index (Phi) is 4.86. The summed E-state index contributed by atoms with van der Waals surface area (Å²) in [6.45, 7) is 1.80. The molecule has 5 nitrogen and oxygen atoms in total. The first-order valence-corrected chi connectivity index (χ1v) is 4.74. The van der Waals surface area contributed by atoms with Crippen molar-refractivity contribution in [3.63, 3.8) is 0 Å². The predicted octanol–water partition coefficient (Wildman–Crippen LogP) is -0.460. The third-order valence-electron chi connectivity index (χ3n) is 2.16. The van der Waals surface area contributed by atoms with E-state index in [9.17, 15) is 4.79 Å². The Morgan fingerprint density at radius 2 is 2.29 bits per heavy atom. The van der Waals surface area contributed by atoms with E-state index >= 15 is 0 Å². The zero-order valence-corrected chi connectivity index (χ0v) is 8.40. The molecule has 2 atom stereocenters. The molecule has 1 heterocycles. The largest absolute Gasteiger partial charge is 0.465 e. The van der Waals surface area contributed by atoms with Crippen LogP contribution in [0.15, 0.2) is 0 Å². The molecule has 0 radical (unpaired) electrons. The third-order valence-corrected chi connectivity index (χ3v) is 2.16. The maximum atomic E-state index is 11.4. The minimum absolute atomic E-state index is 0.218. The highest BCUT2D eigenvalue weighted by atomic mass is 16.5. The van der Waals surface area contributed by atoms with E-state index in [-0.39, 0.29) is 17.9 Å². The van der Waals surface area contributed by atoms with Gasteiger partial charge in [0.05, 0.1) is 25.7 Å². The quantitative estimate of drug-likeness (QED) is 0.483. The number of ether oxygens (including phenoxy) is 3. The van der Waals surface area contributed by atoms with Crippen molar-refractivity contribution in [2.75, 3.05) is 33.5 Å². The summed E-state index contributed by atoms with van der Waals surface area (Å²) in [5.41, 5.74) is 5.66. The van der Waals surface area contributed by atoms with Crippen LogP contribution in [0.4, 0.5) is 0 Å². The fourth-order valence-electron chi connectivity index (χ4n) is 1.30. The van der Waals surface area contributed by atoms with Crippen LogP contribution < -0.4 is 5.73 Å². The second-order valence-electron chi connectivity index (χ2n) is 3.32. The van der Waals surface area contributed by atoms with Gasteiger partial charge >= 0.3 is 5.97 Å². The molecule has 1 aliphatic rings. The fraction of sp³-hybridized carbons (Fsp3) is 0.889. The molecule has 1 saturated heterocycles. The molecule has 0 aromatic carbocycles. The van der Waals surface area contributed by atoms with Gasteiger partial charge in [-0.05, 0) is 0 Å². The molecular formula is C9H17NO4. The number of hydrogen-bond acceptors (Lipinski definition) is 5. The van der Waals surface area contributed by atoms with Crippen molar-refractivity contribution in [1.29, 1.82) is 0 Å². The monoisotopic (exact) mass is 203 g/mol. The molecule has 0 aromatic heterocycles. The number of carbonyl (C=O) groups is 1. The zero-order valence-electron chi connectivity index (χ0n) is 8.40. The van der Waals surface area contributed by atoms with Gasteiger partial charge in [0.2, 0.25) is 0 Å². The lowest BCUT2D eigenvalue weighted by Gasteiger charge is -2.12. The minimum Gasteiger partial charge on any atom is -0.465 e. The lowest BCUT2D eigenvalue weighted by Crippen LogP contribution is -2.35. The standard InChI is InChI=1S/C9H17NO4/c1-12-3-2-4-14-9(11)7-5-13-6-8(7)10/h7-8H,2-6,10H2,1H3. The van der Waals surface area contributed by atoms with Crippen LogP contribution in [0.2, 0.25) is 0 Å². The lowest BCUT2D eigenvalue weighted by molar-refractivity contribution is -0.149. The predicted molar refractivity (Wildman–Crippen MR) is 49.7 cm³/mol. The fourth-order valence-corrected chi connectivity index (χ4v) is 1.30. The van der Waals surface area contributed by atoms with E-state index in [0.717, 1.165) is 0 Å². The normalized spacial score (nSPS) is 26.4. The van der Waals surface area contributed by atoms with Crippen LogP contribution in [0.25, 0.3) is 0 Å². The summed E-state index contributed by atoms with van der Waals surface area (Å²) in [6, 6.07) is -0.218. The van der Waals surface area contributed by atoms with Crippen molar-refractivity contribution in [3.8, 4) is 0 Å². The highest BCUT2D eigenvalue weighted by molar-refractivity contribution is 5.73. The van der Waals surface area contributed by atoms with Crippen LogP contribution in [0.5, 0.6) is 0 Å². The summed E-state index contributed by atoms with van der Waals surface area (Å²) in [6.07, 6.45) is 0.713. The maximum Gasteiger partial charge on any atom is 0.312 e. The van der Waals surface area contributed by atoms with Gasteiger partial charge in [0.1, 0.15) is 0 Å². The summed E-state index contributed by atoms with van der Waals surface area (Å²) in [4.78, 5) is 11.4. The Bertz CT molecular complexity index is 186. The summed E-state index contributed by atoms with van der Waals surface area (Å²) in [5, 5.41) is 0. The number of nitrogens with two attached hydrogens (primary N) is 1. The van der Waals surface area contributed by atoms with Gasteiger partial charge in [-0.25, -0.2) is 0 Å². The Balaban J connectivity index is 2.14. The van der Waals surface area contributed by atoms with Crippen LogP contribution in [0.1, 0.15) is 6.42 Å². The molecule has 2 N–H and O–H groups in total. The molecule has 14 heavy (non-hydrogen) atoms. The molecular weight excluding hydrogens is 186 g/mol. The van der Waals surface area contributed by atoms with Crippen LogP contribution in [0, 0.1) is 5.92 Å². The van der Waals surface area contributed by atoms with Gasteiger partial charge in [-0.15, -0.1) is 0 Å². The molecule has 1 aliphatic heterocycles. The van der Waals surface area contributed by atoms with Gasteiger partial charge in [-0.1, -0.05) is 0 Å². The average Bonchev–Trinajstić information content (AvgIpc) is 2.59. The third kappa shape index (κ3) is 3.25. The van der Waals surface area contributed by atoms with Crippen molar-refractivity contribution in [2.24, 2.45) is 11.7 Å². The van der Waals surface area contributed by atoms with E-state index in [1.54, 1.807) is 7.11 Å². The van der Waals surface area contributed by atoms with E-state index in [4.69, 9.17) is 19.9 Å². The van der Waals surface area contributed by atoms with Gasteiger partial charge in [0, 0.05) is 26.2 Å². The Morgan fingerprint density at radius 3 is 2.86 bits per heavy atom. The summed E-state index contributed by atoms with van der Waals surface area (Å²) < 4.78 is 14.9. The van der Waals surface area contributed by atoms with Gasteiger partial charge < -0.3 is 19.9 Å². The van der Waals surface area contributed by atoms with Gasteiger partial charge in [0.25, 0.3) is 0 Å². The number of esters is 1. The Labute approximate surface area is 83.5 Å². The second kappa shape index (κ2) is 5.95. The molecule has 0 aromatic rings. The van der Waals surface area contributed by atoms with E-state index in [0.29, 0.717) is 32.8 Å². The molecule has 0 amide bonds. The minimum atomic E-state index is -0.294. The van der Waals surface area contributed by atoms with E-state index in [1.165, 1.54) is 0 Å². The molecule has 82 valence electrons. The van der Waals surface area contributed by atoms with Crippen LogP contribution in [-0.4, -0.2) is 45.5 Å². The summed E-state index contributed by atoms with van der Waals surface area (Å²) in [5.74, 6) is -0.552. The molecule has 1 rings (SSSR count). The van der Waals surface area contributed by atoms with Crippen LogP contribution >= 0.6 is 0 Å². The number of rotatable bonds is 5. The van der Waals surface area contributed by atoms with E-state index in [2.05, 4.69) is 0 Å². The molecule has 0 saturated carbocycles. The van der Waals surface area contributed by atoms with Crippen molar-refractivity contribution in [3.05, 3.63) is 0 Å². The summed E-state index contributed by atoms with van der Waals surface area (Å²) >= 11 is 0. The second-order valence-corrected chi connectivity index (χ2v) is 3.32. The zero-order chi connectivity index (χ0) is 10.4. The number of methoxy groups -OCH3 is 1. The lowest BCUT2D eigenvalue weighted by atomic mass is 10.1. The average molecular weight is 203 g/mol. The molecule has 0 aliphatic carbocycles. The molecule has 0 spiro atoms. The van der Waals surface area contributed by atoms with Crippen molar-refractivity contribution < 1.29 is 19.0 Å². The molecule has 5 heteroatoms. The van der Waals surface area contributed by atoms with Crippen molar-refractivity contribution in [2.45, 2.75) is 12.5 Å². The smallest absolute Gasteiger partial charge is 0.312 e. The Hall–Kier alpha value is -0.650. The first-order chi connectivity index (χ1) is 6.75. The first-order valence-electron chi connectivity index (χ1n) is 4.74. The first kappa shape index (κ1) is 11.4. The summed E-state index contributed by atoms with van der Waals surface area (Å²) in [7, 11) is 1.61. The molecule has 1 fully saturated rings. The van der Waals surface area contributed by atoms with Crippen LogP contribution in [-0.2, 0) is 19.0 Å². The van der Waals surface area contributed by atoms with E-state index < -0.39 is 0 Å². The van der Waals surface area contributed by atoms with Gasteiger partial charge in [-0.3, -0.25) is 4.79 Å². The molecule has 0 bridgehead atoms. The van der Waals surface area contributed by atoms with Crippen LogP contribution in [0.3, 0.4) is 0 Å². The highest BCUT2D eigenvalue weighted by Gasteiger charge is 2.32. The Morgan fingerprint density at radius 1 is 1.50 bits per heavy atom. The topological polar surface area (TPSA) is 70.8 Å². The van der Waals surface area contributed by atoms with Gasteiger partial charge in [-0.2, -0.15) is 0 Å².